The second-order valence-electron chi connectivity index (χ2n) is 7.96. The Morgan fingerprint density at radius 3 is 2.35 bits per heavy atom. The van der Waals surface area contributed by atoms with E-state index in [0.29, 0.717) is 11.4 Å². The zero-order valence-electron chi connectivity index (χ0n) is 18.3. The Kier molecular flexibility index (Phi) is 9.69. The largest absolute Gasteiger partial charge is 0.355 e. The molecule has 0 aromatic heterocycles. The van der Waals surface area contributed by atoms with E-state index in [0.717, 1.165) is 23.6 Å². The van der Waals surface area contributed by atoms with E-state index < -0.39 is 9.84 Å². The molecule has 170 valence electrons. The first-order chi connectivity index (χ1) is 14.3. The lowest BCUT2D eigenvalue weighted by molar-refractivity contribution is 0.582. The lowest BCUT2D eigenvalue weighted by Crippen LogP contribution is -2.44. The summed E-state index contributed by atoms with van der Waals surface area (Å²) in [7, 11) is -1.42. The van der Waals surface area contributed by atoms with E-state index >= 15 is 0 Å². The van der Waals surface area contributed by atoms with Crippen molar-refractivity contribution in [3.63, 3.8) is 0 Å². The minimum absolute atomic E-state index is 0. The number of hydrogen-bond donors (Lipinski definition) is 2. The SMILES string of the molecule is CN=C(NCc1ccc(S(C)(=O)=O)c(C)c1)NCC1(Sc2ccccc2)CCCC1.I. The maximum Gasteiger partial charge on any atom is 0.191 e. The maximum atomic E-state index is 11.8. The van der Waals surface area contributed by atoms with Crippen molar-refractivity contribution in [2.45, 2.75) is 53.7 Å². The van der Waals surface area contributed by atoms with Crippen LogP contribution in [-0.2, 0) is 16.4 Å². The van der Waals surface area contributed by atoms with Crippen LogP contribution in [0.3, 0.4) is 0 Å². The van der Waals surface area contributed by atoms with Crippen LogP contribution in [0.5, 0.6) is 0 Å². The van der Waals surface area contributed by atoms with Crippen molar-refractivity contribution in [2.75, 3.05) is 19.8 Å². The number of sulfone groups is 1. The predicted molar refractivity (Wildman–Crippen MR) is 141 cm³/mol. The Labute approximate surface area is 207 Å². The Balaban J connectivity index is 0.00000341. The fourth-order valence-corrected chi connectivity index (χ4v) is 6.35. The molecular weight excluding hydrogens is 541 g/mol. The summed E-state index contributed by atoms with van der Waals surface area (Å²) in [4.78, 5) is 6.07. The molecule has 0 amide bonds. The average molecular weight is 574 g/mol. The first kappa shape index (κ1) is 26.0. The lowest BCUT2D eigenvalue weighted by Gasteiger charge is -2.29. The minimum Gasteiger partial charge on any atom is -0.355 e. The second kappa shape index (κ2) is 11.6. The molecule has 0 unspecified atom stereocenters. The fraction of sp³-hybridized carbons (Fsp3) is 0.435. The summed E-state index contributed by atoms with van der Waals surface area (Å²) in [6, 6.07) is 16.1. The van der Waals surface area contributed by atoms with Crippen molar-refractivity contribution in [2.24, 2.45) is 4.99 Å². The van der Waals surface area contributed by atoms with Crippen LogP contribution in [0.25, 0.3) is 0 Å². The average Bonchev–Trinajstić information content (AvgIpc) is 3.16. The van der Waals surface area contributed by atoms with Gasteiger partial charge in [0.2, 0.25) is 0 Å². The summed E-state index contributed by atoms with van der Waals surface area (Å²) >= 11 is 1.97. The molecule has 0 aliphatic heterocycles. The Morgan fingerprint density at radius 2 is 1.77 bits per heavy atom. The first-order valence-electron chi connectivity index (χ1n) is 10.3. The third-order valence-electron chi connectivity index (χ3n) is 5.49. The van der Waals surface area contributed by atoms with Gasteiger partial charge in [-0.15, -0.1) is 35.7 Å². The fourth-order valence-electron chi connectivity index (χ4n) is 3.96. The van der Waals surface area contributed by atoms with Crippen LogP contribution in [0.4, 0.5) is 0 Å². The summed E-state index contributed by atoms with van der Waals surface area (Å²) in [5.74, 6) is 0.764. The molecular formula is C23H32IN3O2S2. The summed E-state index contributed by atoms with van der Waals surface area (Å²) in [5.41, 5.74) is 1.79. The molecule has 8 heteroatoms. The van der Waals surface area contributed by atoms with Gasteiger partial charge in [0.05, 0.1) is 4.90 Å². The van der Waals surface area contributed by atoms with Gasteiger partial charge >= 0.3 is 0 Å². The minimum atomic E-state index is -3.20. The highest BCUT2D eigenvalue weighted by Crippen LogP contribution is 2.44. The zero-order chi connectivity index (χ0) is 21.6. The van der Waals surface area contributed by atoms with Gasteiger partial charge in [0.25, 0.3) is 0 Å². The normalized spacial score (nSPS) is 15.9. The van der Waals surface area contributed by atoms with Gasteiger partial charge in [-0.1, -0.05) is 43.2 Å². The van der Waals surface area contributed by atoms with E-state index in [1.807, 2.05) is 30.8 Å². The van der Waals surface area contributed by atoms with E-state index in [9.17, 15) is 8.42 Å². The van der Waals surface area contributed by atoms with E-state index in [2.05, 4.69) is 46.0 Å². The van der Waals surface area contributed by atoms with Crippen LogP contribution in [0.1, 0.15) is 36.8 Å². The molecule has 1 aliphatic rings. The van der Waals surface area contributed by atoms with Crippen molar-refractivity contribution < 1.29 is 8.42 Å². The smallest absolute Gasteiger partial charge is 0.191 e. The molecule has 5 nitrogen and oxygen atoms in total. The van der Waals surface area contributed by atoms with E-state index in [1.165, 1.54) is 36.8 Å². The third-order valence-corrected chi connectivity index (χ3v) is 8.24. The third kappa shape index (κ3) is 7.39. The van der Waals surface area contributed by atoms with Crippen LogP contribution in [-0.4, -0.2) is 39.0 Å². The van der Waals surface area contributed by atoms with Crippen molar-refractivity contribution in [1.82, 2.24) is 10.6 Å². The molecule has 1 saturated carbocycles. The van der Waals surface area contributed by atoms with Gasteiger partial charge in [-0.3, -0.25) is 4.99 Å². The molecule has 2 N–H and O–H groups in total. The van der Waals surface area contributed by atoms with Crippen LogP contribution >= 0.6 is 35.7 Å². The maximum absolute atomic E-state index is 11.8. The predicted octanol–water partition coefficient (Wildman–Crippen LogP) is 4.79. The van der Waals surface area contributed by atoms with Gasteiger partial charge in [-0.25, -0.2) is 8.42 Å². The van der Waals surface area contributed by atoms with Crippen LogP contribution in [0.15, 0.2) is 63.3 Å². The Bertz CT molecular complexity index is 989. The topological polar surface area (TPSA) is 70.6 Å². The molecule has 31 heavy (non-hydrogen) atoms. The van der Waals surface area contributed by atoms with Gasteiger partial charge in [0.15, 0.2) is 15.8 Å². The van der Waals surface area contributed by atoms with Crippen molar-refractivity contribution in [3.8, 4) is 0 Å². The monoisotopic (exact) mass is 573 g/mol. The van der Waals surface area contributed by atoms with Crippen molar-refractivity contribution in [1.29, 1.82) is 0 Å². The molecule has 0 atom stereocenters. The van der Waals surface area contributed by atoms with Crippen LogP contribution < -0.4 is 10.6 Å². The zero-order valence-corrected chi connectivity index (χ0v) is 22.3. The summed E-state index contributed by atoms with van der Waals surface area (Å²) in [6.07, 6.45) is 6.16. The van der Waals surface area contributed by atoms with Gasteiger partial charge in [0, 0.05) is 36.0 Å². The van der Waals surface area contributed by atoms with E-state index in [4.69, 9.17) is 0 Å². The molecule has 1 aliphatic carbocycles. The van der Waals surface area contributed by atoms with Gasteiger partial charge in [-0.2, -0.15) is 0 Å². The summed E-state index contributed by atoms with van der Waals surface area (Å²) < 4.78 is 23.8. The highest BCUT2D eigenvalue weighted by Gasteiger charge is 2.35. The summed E-state index contributed by atoms with van der Waals surface area (Å²) in [6.45, 7) is 3.28. The molecule has 0 heterocycles. The number of rotatable bonds is 7. The second-order valence-corrected chi connectivity index (χ2v) is 11.5. The number of guanidine groups is 1. The van der Waals surface area contributed by atoms with E-state index in [-0.39, 0.29) is 28.7 Å². The first-order valence-corrected chi connectivity index (χ1v) is 13.0. The molecule has 0 bridgehead atoms. The van der Waals surface area contributed by atoms with Crippen LogP contribution in [0, 0.1) is 6.92 Å². The lowest BCUT2D eigenvalue weighted by atomic mass is 10.1. The molecule has 1 fully saturated rings. The number of benzene rings is 2. The highest BCUT2D eigenvalue weighted by atomic mass is 127. The van der Waals surface area contributed by atoms with Crippen molar-refractivity contribution >= 4 is 51.5 Å². The van der Waals surface area contributed by atoms with Gasteiger partial charge in [0.1, 0.15) is 0 Å². The Hall–Kier alpha value is -1.26. The Morgan fingerprint density at radius 1 is 1.10 bits per heavy atom. The van der Waals surface area contributed by atoms with Crippen LogP contribution in [0.2, 0.25) is 0 Å². The number of hydrogen-bond acceptors (Lipinski definition) is 4. The number of thioether (sulfide) groups is 1. The van der Waals surface area contributed by atoms with Crippen molar-refractivity contribution in [3.05, 3.63) is 59.7 Å². The molecule has 2 aromatic carbocycles. The molecule has 0 radical (unpaired) electrons. The molecule has 0 spiro atoms. The number of aryl methyl sites for hydroxylation is 1. The van der Waals surface area contributed by atoms with E-state index in [1.54, 1.807) is 13.1 Å². The number of nitrogens with zero attached hydrogens (tertiary/aromatic N) is 1. The summed E-state index contributed by atoms with van der Waals surface area (Å²) in [5, 5.41) is 6.87. The molecule has 2 aromatic rings. The number of halogens is 1. The molecule has 3 rings (SSSR count). The molecule has 0 saturated heterocycles. The van der Waals surface area contributed by atoms with Gasteiger partial charge < -0.3 is 10.6 Å². The standard InChI is InChI=1S/C23H31N3O2S2.HI/c1-18-15-19(11-12-21(18)30(3,27)28)16-25-22(24-2)26-17-23(13-7-8-14-23)29-20-9-5-4-6-10-20;/h4-6,9-12,15H,7-8,13-14,16-17H2,1-3H3,(H2,24,25,26);1H. The highest BCUT2D eigenvalue weighted by molar-refractivity contribution is 14.0. The number of nitrogens with one attached hydrogen (secondary N) is 2. The quantitative estimate of drug-likeness (QED) is 0.283. The van der Waals surface area contributed by atoms with Gasteiger partial charge in [-0.05, 0) is 49.1 Å². The number of aliphatic imine (C=N–C) groups is 1.